The van der Waals surface area contributed by atoms with Gasteiger partial charge in [-0.25, -0.2) is 15.0 Å². The number of carbonyl (C=O) groups excluding carboxylic acids is 2. The number of aliphatic hydroxyl groups is 1. The molecule has 3 fully saturated rings. The van der Waals surface area contributed by atoms with Crippen LogP contribution in [0.4, 0.5) is 5.13 Å². The normalized spacial score (nSPS) is 25.4. The number of aliphatic hydroxyl groups excluding tert-OH is 1. The van der Waals surface area contributed by atoms with Crippen molar-refractivity contribution in [1.29, 1.82) is 0 Å². The Morgan fingerprint density at radius 3 is 2.67 bits per heavy atom. The number of hydrogen-bond acceptors (Lipinski definition) is 11. The van der Waals surface area contributed by atoms with Crippen LogP contribution in [0.5, 0.6) is 0 Å². The smallest absolute Gasteiger partial charge is 0.248 e. The molecule has 3 atom stereocenters. The van der Waals surface area contributed by atoms with E-state index in [1.807, 2.05) is 23.1 Å². The summed E-state index contributed by atoms with van der Waals surface area (Å²) in [5.41, 5.74) is 2.69. The fraction of sp³-hybridized carbons (Fsp3) is 0.594. The number of thiazole rings is 1. The van der Waals surface area contributed by atoms with Gasteiger partial charge in [0.05, 0.1) is 35.6 Å². The predicted octanol–water partition coefficient (Wildman–Crippen LogP) is 3.10. The molecule has 2 aromatic heterocycles. The molecule has 12 nitrogen and oxygen atoms in total. The summed E-state index contributed by atoms with van der Waals surface area (Å²) in [6.07, 6.45) is 7.28. The molecule has 0 spiro atoms. The number of nitrogens with one attached hydrogen (secondary N) is 1. The maximum Gasteiger partial charge on any atom is 0.248 e. The monoisotopic (exact) mass is 638 g/mol. The second kappa shape index (κ2) is 14.6. The molecule has 0 radical (unpaired) electrons. The van der Waals surface area contributed by atoms with E-state index in [0.29, 0.717) is 43.3 Å². The van der Waals surface area contributed by atoms with Crippen molar-refractivity contribution in [2.45, 2.75) is 69.9 Å². The van der Waals surface area contributed by atoms with E-state index in [4.69, 9.17) is 14.2 Å². The lowest BCUT2D eigenvalue weighted by molar-refractivity contribution is -0.141. The number of carbonyl (C=O) groups is 2. The van der Waals surface area contributed by atoms with Crippen LogP contribution in [-0.2, 0) is 30.4 Å². The summed E-state index contributed by atoms with van der Waals surface area (Å²) in [7, 11) is 1.61. The minimum Gasteiger partial charge on any atom is -0.390 e. The Hall–Kier alpha value is -3.07. The van der Waals surface area contributed by atoms with Gasteiger partial charge in [-0.05, 0) is 56.7 Å². The number of ether oxygens (including phenoxy) is 3. The summed E-state index contributed by atoms with van der Waals surface area (Å²) in [5, 5.41) is 13.6. The fourth-order valence-corrected chi connectivity index (χ4v) is 7.34. The standard InChI is InChI=1S/C32H42N6O6S/c1-20-17-37(30(40)19-43-11-10-42-2)8-9-38(20)24-12-22(13-24)31(41)36-32-35-25-7-6-21(14-28(25)45-32)23-15-33-29(34-16-23)18-44-27-5-3-4-26(27)39/h6-7,14-16,20,22,24,26-27,39H,3-5,8-13,17-19H2,1-2H3,(H,35,36,41)/t20-,22-,24+,26-,27-/m0/s1. The van der Waals surface area contributed by atoms with Gasteiger partial charge in [0.25, 0.3) is 0 Å². The molecular weight excluding hydrogens is 596 g/mol. The van der Waals surface area contributed by atoms with Gasteiger partial charge < -0.3 is 29.5 Å². The molecule has 45 heavy (non-hydrogen) atoms. The second-order valence-electron chi connectivity index (χ2n) is 12.2. The Bertz CT molecular complexity index is 1460. The molecule has 2 saturated carbocycles. The number of benzene rings is 1. The maximum atomic E-state index is 13.1. The van der Waals surface area contributed by atoms with Gasteiger partial charge in [-0.3, -0.25) is 14.5 Å². The van der Waals surface area contributed by atoms with Crippen LogP contribution in [0.15, 0.2) is 30.6 Å². The maximum absolute atomic E-state index is 13.1. The van der Waals surface area contributed by atoms with Crippen molar-refractivity contribution in [2.75, 3.05) is 51.9 Å². The van der Waals surface area contributed by atoms with Crippen LogP contribution in [0.2, 0.25) is 0 Å². The summed E-state index contributed by atoms with van der Waals surface area (Å²) in [6, 6.07) is 6.56. The van der Waals surface area contributed by atoms with E-state index >= 15 is 0 Å². The van der Waals surface area contributed by atoms with Crippen molar-refractivity contribution < 1.29 is 28.9 Å². The van der Waals surface area contributed by atoms with E-state index in [9.17, 15) is 14.7 Å². The van der Waals surface area contributed by atoms with Crippen molar-refractivity contribution in [3.63, 3.8) is 0 Å². The van der Waals surface area contributed by atoms with Crippen molar-refractivity contribution in [1.82, 2.24) is 24.8 Å². The van der Waals surface area contributed by atoms with Crippen molar-refractivity contribution >= 4 is 38.5 Å². The Balaban J connectivity index is 0.967. The van der Waals surface area contributed by atoms with Crippen LogP contribution < -0.4 is 5.32 Å². The summed E-state index contributed by atoms with van der Waals surface area (Å²) in [4.78, 5) is 43.4. The number of anilines is 1. The lowest BCUT2D eigenvalue weighted by atomic mass is 9.78. The quantitative estimate of drug-likeness (QED) is 0.285. The molecule has 1 aromatic carbocycles. The number of rotatable bonds is 12. The van der Waals surface area contributed by atoms with Crippen molar-refractivity contribution in [3.05, 3.63) is 36.4 Å². The van der Waals surface area contributed by atoms with Gasteiger partial charge in [0.1, 0.15) is 13.2 Å². The van der Waals surface area contributed by atoms with E-state index < -0.39 is 6.10 Å². The number of hydrogen-bond donors (Lipinski definition) is 2. The van der Waals surface area contributed by atoms with E-state index in [1.165, 1.54) is 11.3 Å². The number of aromatic nitrogens is 3. The lowest BCUT2D eigenvalue weighted by Gasteiger charge is -2.49. The topological polar surface area (TPSA) is 139 Å². The molecule has 2 amide bonds. The molecule has 1 saturated heterocycles. The summed E-state index contributed by atoms with van der Waals surface area (Å²) in [6.45, 7) is 5.54. The van der Waals surface area contributed by atoms with E-state index in [0.717, 1.165) is 60.0 Å². The van der Waals surface area contributed by atoms with E-state index in [1.54, 1.807) is 19.5 Å². The van der Waals surface area contributed by atoms with Gasteiger partial charge in [0.15, 0.2) is 11.0 Å². The molecule has 2 N–H and O–H groups in total. The first-order valence-corrected chi connectivity index (χ1v) is 16.6. The van der Waals surface area contributed by atoms with Crippen LogP contribution in [0, 0.1) is 5.92 Å². The number of nitrogens with zero attached hydrogens (tertiary/aromatic N) is 5. The third kappa shape index (κ3) is 7.67. The molecule has 1 aliphatic heterocycles. The number of piperazine rings is 1. The summed E-state index contributed by atoms with van der Waals surface area (Å²) in [5.74, 6) is 0.567. The van der Waals surface area contributed by atoms with Gasteiger partial charge in [0, 0.05) is 62.7 Å². The average molecular weight is 639 g/mol. The molecule has 6 rings (SSSR count). The SMILES string of the molecule is COCCOCC(=O)N1CCN([C@H]2C[C@@H](C(=O)Nc3nc4ccc(-c5cnc(CO[C@H]6CCC[C@@H]6O)nc5)cc4s3)C2)[C@@H](C)C1. The van der Waals surface area contributed by atoms with Crippen molar-refractivity contribution in [3.8, 4) is 11.1 Å². The molecule has 13 heteroatoms. The third-order valence-corrected chi connectivity index (χ3v) is 10.1. The highest BCUT2D eigenvalue weighted by Crippen LogP contribution is 2.36. The lowest BCUT2D eigenvalue weighted by Crippen LogP contribution is -2.60. The van der Waals surface area contributed by atoms with Gasteiger partial charge >= 0.3 is 0 Å². The first-order chi connectivity index (χ1) is 21.9. The Morgan fingerprint density at radius 2 is 1.93 bits per heavy atom. The minimum absolute atomic E-state index is 0.0107. The van der Waals surface area contributed by atoms with E-state index in [2.05, 4.69) is 32.1 Å². The van der Waals surface area contributed by atoms with Crippen molar-refractivity contribution in [2.24, 2.45) is 5.92 Å². The largest absolute Gasteiger partial charge is 0.390 e. The minimum atomic E-state index is -0.400. The zero-order valence-electron chi connectivity index (χ0n) is 25.9. The van der Waals surface area contributed by atoms with E-state index in [-0.39, 0.29) is 43.1 Å². The highest BCUT2D eigenvalue weighted by molar-refractivity contribution is 7.22. The van der Waals surface area contributed by atoms with Crippen LogP contribution in [0.3, 0.4) is 0 Å². The molecule has 0 bridgehead atoms. The third-order valence-electron chi connectivity index (χ3n) is 9.14. The molecule has 3 heterocycles. The van der Waals surface area contributed by atoms with Crippen LogP contribution in [0.25, 0.3) is 21.3 Å². The molecule has 242 valence electrons. The average Bonchev–Trinajstić information content (AvgIpc) is 3.62. The van der Waals surface area contributed by atoms with Gasteiger partial charge in [0.2, 0.25) is 11.8 Å². The van der Waals surface area contributed by atoms with Crippen LogP contribution in [0.1, 0.15) is 44.9 Å². The molecule has 3 aliphatic rings. The first-order valence-electron chi connectivity index (χ1n) is 15.8. The fourth-order valence-electron chi connectivity index (χ4n) is 6.43. The zero-order valence-corrected chi connectivity index (χ0v) is 26.7. The highest BCUT2D eigenvalue weighted by atomic mass is 32.1. The molecular formula is C32H42N6O6S. The predicted molar refractivity (Wildman–Crippen MR) is 170 cm³/mol. The molecule has 0 unspecified atom stereocenters. The molecule has 2 aliphatic carbocycles. The Labute approximate surface area is 267 Å². The Kier molecular flexibility index (Phi) is 10.3. The summed E-state index contributed by atoms with van der Waals surface area (Å²) < 4.78 is 17.1. The van der Waals surface area contributed by atoms with Crippen LogP contribution >= 0.6 is 11.3 Å². The van der Waals surface area contributed by atoms with Gasteiger partial charge in [-0.2, -0.15) is 0 Å². The highest BCUT2D eigenvalue weighted by Gasteiger charge is 2.41. The van der Waals surface area contributed by atoms with Crippen LogP contribution in [-0.4, -0.2) is 113 Å². The zero-order chi connectivity index (χ0) is 31.3. The van der Waals surface area contributed by atoms with Gasteiger partial charge in [-0.1, -0.05) is 17.4 Å². The van der Waals surface area contributed by atoms with Gasteiger partial charge in [-0.15, -0.1) is 0 Å². The number of methoxy groups -OCH3 is 1. The molecule has 3 aromatic rings. The number of fused-ring (bicyclic) bond motifs is 1. The second-order valence-corrected chi connectivity index (χ2v) is 13.3. The Morgan fingerprint density at radius 1 is 1.11 bits per heavy atom. The number of amides is 2. The summed E-state index contributed by atoms with van der Waals surface area (Å²) >= 11 is 1.46. The first kappa shape index (κ1) is 31.9.